The van der Waals surface area contributed by atoms with E-state index in [1.165, 1.54) is 30.0 Å². The third kappa shape index (κ3) is 4.47. The molecule has 4 nitrogen and oxygen atoms in total. The molecule has 0 aliphatic carbocycles. The van der Waals surface area contributed by atoms with Crippen molar-refractivity contribution in [2.75, 3.05) is 18.1 Å². The zero-order chi connectivity index (χ0) is 15.2. The van der Waals surface area contributed by atoms with E-state index in [2.05, 4.69) is 22.2 Å². The SMILES string of the molecule is CCCNc1cc(Oc2ccc(F)c(Cl)c2)nc(SC)n1. The van der Waals surface area contributed by atoms with Crippen molar-refractivity contribution in [1.29, 1.82) is 0 Å². The molecule has 0 unspecified atom stereocenters. The highest BCUT2D eigenvalue weighted by Crippen LogP contribution is 2.27. The Hall–Kier alpha value is -1.53. The first-order valence-electron chi connectivity index (χ1n) is 6.42. The zero-order valence-electron chi connectivity index (χ0n) is 11.7. The average Bonchev–Trinajstić information content (AvgIpc) is 2.48. The van der Waals surface area contributed by atoms with Crippen LogP contribution in [0, 0.1) is 5.82 Å². The molecular weight excluding hydrogens is 313 g/mol. The summed E-state index contributed by atoms with van der Waals surface area (Å²) in [7, 11) is 0. The summed E-state index contributed by atoms with van der Waals surface area (Å²) in [6, 6.07) is 5.87. The fourth-order valence-electron chi connectivity index (χ4n) is 1.55. The second kappa shape index (κ2) is 7.47. The van der Waals surface area contributed by atoms with Crippen LogP contribution in [0.15, 0.2) is 29.4 Å². The lowest BCUT2D eigenvalue weighted by Gasteiger charge is -2.09. The van der Waals surface area contributed by atoms with Crippen molar-refractivity contribution in [3.8, 4) is 11.6 Å². The molecule has 0 saturated carbocycles. The molecule has 0 aliphatic heterocycles. The first kappa shape index (κ1) is 15.9. The van der Waals surface area contributed by atoms with Crippen LogP contribution >= 0.6 is 23.4 Å². The quantitative estimate of drug-likeness (QED) is 0.620. The molecule has 0 aliphatic rings. The molecule has 1 aromatic heterocycles. The number of anilines is 1. The Labute approximate surface area is 132 Å². The summed E-state index contributed by atoms with van der Waals surface area (Å²) in [6.45, 7) is 2.88. The van der Waals surface area contributed by atoms with E-state index in [4.69, 9.17) is 16.3 Å². The van der Waals surface area contributed by atoms with Gasteiger partial charge >= 0.3 is 0 Å². The number of nitrogens with zero attached hydrogens (tertiary/aromatic N) is 2. The molecule has 7 heteroatoms. The van der Waals surface area contributed by atoms with Crippen LogP contribution in [0.2, 0.25) is 5.02 Å². The summed E-state index contributed by atoms with van der Waals surface area (Å²) in [5.41, 5.74) is 0. The Morgan fingerprint density at radius 1 is 1.33 bits per heavy atom. The number of halogens is 2. The number of hydrogen-bond acceptors (Lipinski definition) is 5. The maximum absolute atomic E-state index is 13.1. The van der Waals surface area contributed by atoms with Gasteiger partial charge in [0.15, 0.2) is 5.16 Å². The second-order valence-corrected chi connectivity index (χ2v) is 5.36. The van der Waals surface area contributed by atoms with Crippen molar-refractivity contribution in [2.24, 2.45) is 0 Å². The van der Waals surface area contributed by atoms with Gasteiger partial charge in [-0.25, -0.2) is 9.37 Å². The van der Waals surface area contributed by atoms with Crippen LogP contribution in [-0.2, 0) is 0 Å². The number of hydrogen-bond donors (Lipinski definition) is 1. The molecular formula is C14H15ClFN3OS. The highest BCUT2D eigenvalue weighted by atomic mass is 35.5. The van der Waals surface area contributed by atoms with E-state index < -0.39 is 5.82 Å². The molecule has 0 amide bonds. The number of ether oxygens (including phenoxy) is 1. The molecule has 1 heterocycles. The third-order valence-corrected chi connectivity index (χ3v) is 3.37. The first-order valence-corrected chi connectivity index (χ1v) is 8.02. The fraction of sp³-hybridized carbons (Fsp3) is 0.286. The van der Waals surface area contributed by atoms with Gasteiger partial charge < -0.3 is 10.1 Å². The molecule has 0 spiro atoms. The molecule has 0 fully saturated rings. The number of thioether (sulfide) groups is 1. The minimum absolute atomic E-state index is 0.0102. The van der Waals surface area contributed by atoms with E-state index in [9.17, 15) is 4.39 Å². The summed E-state index contributed by atoms with van der Waals surface area (Å²) in [4.78, 5) is 8.60. The van der Waals surface area contributed by atoms with Gasteiger partial charge in [-0.05, 0) is 24.8 Å². The summed E-state index contributed by atoms with van der Waals surface area (Å²) in [6.07, 6.45) is 2.87. The predicted molar refractivity (Wildman–Crippen MR) is 84.1 cm³/mol. The molecule has 2 aromatic rings. The number of aromatic nitrogens is 2. The van der Waals surface area contributed by atoms with Crippen molar-refractivity contribution in [1.82, 2.24) is 9.97 Å². The summed E-state index contributed by atoms with van der Waals surface area (Å²) in [5.74, 6) is 1.02. The van der Waals surface area contributed by atoms with Gasteiger partial charge in [-0.15, -0.1) is 0 Å². The molecule has 0 saturated heterocycles. The normalized spacial score (nSPS) is 10.5. The Balaban J connectivity index is 2.23. The molecule has 0 atom stereocenters. The maximum atomic E-state index is 13.1. The number of rotatable bonds is 6. The Morgan fingerprint density at radius 3 is 2.81 bits per heavy atom. The van der Waals surface area contributed by atoms with Gasteiger partial charge in [-0.2, -0.15) is 4.98 Å². The molecule has 1 N–H and O–H groups in total. The van der Waals surface area contributed by atoms with Crippen LogP contribution in [0.5, 0.6) is 11.6 Å². The van der Waals surface area contributed by atoms with Crippen molar-refractivity contribution >= 4 is 29.2 Å². The van der Waals surface area contributed by atoms with Gasteiger partial charge in [0.25, 0.3) is 0 Å². The highest BCUT2D eigenvalue weighted by molar-refractivity contribution is 7.98. The van der Waals surface area contributed by atoms with Gasteiger partial charge in [0, 0.05) is 18.7 Å². The van der Waals surface area contributed by atoms with Crippen molar-refractivity contribution < 1.29 is 9.13 Å². The van der Waals surface area contributed by atoms with E-state index in [1.807, 2.05) is 6.26 Å². The molecule has 0 radical (unpaired) electrons. The molecule has 0 bridgehead atoms. The van der Waals surface area contributed by atoms with Gasteiger partial charge in [-0.1, -0.05) is 30.3 Å². The van der Waals surface area contributed by atoms with E-state index in [0.717, 1.165) is 13.0 Å². The first-order chi connectivity index (χ1) is 10.1. The average molecular weight is 328 g/mol. The lowest BCUT2D eigenvalue weighted by atomic mass is 10.3. The van der Waals surface area contributed by atoms with Gasteiger partial charge in [0.05, 0.1) is 5.02 Å². The van der Waals surface area contributed by atoms with E-state index in [0.29, 0.717) is 22.6 Å². The van der Waals surface area contributed by atoms with Crippen LogP contribution in [0.1, 0.15) is 13.3 Å². The standard InChI is InChI=1S/C14H15ClFN3OS/c1-3-6-17-12-8-13(19-14(18-12)21-2)20-9-4-5-11(16)10(15)7-9/h4-5,7-8H,3,6H2,1-2H3,(H,17,18,19). The Morgan fingerprint density at radius 2 is 2.14 bits per heavy atom. The Kier molecular flexibility index (Phi) is 5.64. The monoisotopic (exact) mass is 327 g/mol. The van der Waals surface area contributed by atoms with E-state index in [1.54, 1.807) is 6.07 Å². The molecule has 21 heavy (non-hydrogen) atoms. The maximum Gasteiger partial charge on any atom is 0.225 e. The highest BCUT2D eigenvalue weighted by Gasteiger charge is 2.08. The van der Waals surface area contributed by atoms with Crippen molar-refractivity contribution in [3.05, 3.63) is 35.1 Å². The zero-order valence-corrected chi connectivity index (χ0v) is 13.3. The second-order valence-electron chi connectivity index (χ2n) is 4.18. The summed E-state index contributed by atoms with van der Waals surface area (Å²) >= 11 is 7.15. The summed E-state index contributed by atoms with van der Waals surface area (Å²) in [5, 5.41) is 3.79. The lowest BCUT2D eigenvalue weighted by molar-refractivity contribution is 0.454. The van der Waals surface area contributed by atoms with Gasteiger partial charge in [0.1, 0.15) is 17.4 Å². The summed E-state index contributed by atoms with van der Waals surface area (Å²) < 4.78 is 18.8. The van der Waals surface area contributed by atoms with Crippen LogP contribution in [0.4, 0.5) is 10.2 Å². The predicted octanol–water partition coefficient (Wildman–Crippen LogP) is 4.61. The van der Waals surface area contributed by atoms with E-state index in [-0.39, 0.29) is 5.02 Å². The van der Waals surface area contributed by atoms with Gasteiger partial charge in [-0.3, -0.25) is 0 Å². The lowest BCUT2D eigenvalue weighted by Crippen LogP contribution is -2.04. The molecule has 2 rings (SSSR count). The van der Waals surface area contributed by atoms with Crippen LogP contribution in [0.25, 0.3) is 0 Å². The minimum atomic E-state index is -0.484. The Bertz CT molecular complexity index is 627. The fourth-order valence-corrected chi connectivity index (χ4v) is 2.09. The minimum Gasteiger partial charge on any atom is -0.439 e. The number of nitrogens with one attached hydrogen (secondary N) is 1. The van der Waals surface area contributed by atoms with Crippen LogP contribution < -0.4 is 10.1 Å². The largest absolute Gasteiger partial charge is 0.439 e. The topological polar surface area (TPSA) is 47.0 Å². The number of benzene rings is 1. The molecule has 112 valence electrons. The van der Waals surface area contributed by atoms with Crippen LogP contribution in [0.3, 0.4) is 0 Å². The van der Waals surface area contributed by atoms with Crippen molar-refractivity contribution in [2.45, 2.75) is 18.5 Å². The third-order valence-electron chi connectivity index (χ3n) is 2.53. The molecule has 1 aromatic carbocycles. The van der Waals surface area contributed by atoms with Crippen LogP contribution in [-0.4, -0.2) is 22.8 Å². The van der Waals surface area contributed by atoms with Gasteiger partial charge in [0.2, 0.25) is 5.88 Å². The van der Waals surface area contributed by atoms with E-state index >= 15 is 0 Å². The van der Waals surface area contributed by atoms with Crippen molar-refractivity contribution in [3.63, 3.8) is 0 Å². The smallest absolute Gasteiger partial charge is 0.225 e.